The topological polar surface area (TPSA) is 52.7 Å². The summed E-state index contributed by atoms with van der Waals surface area (Å²) in [6, 6.07) is 8.48. The molecule has 1 atom stereocenters. The van der Waals surface area contributed by atoms with Gasteiger partial charge in [-0.15, -0.1) is 0 Å². The van der Waals surface area contributed by atoms with Crippen molar-refractivity contribution in [3.8, 4) is 0 Å². The van der Waals surface area contributed by atoms with Gasteiger partial charge in [-0.3, -0.25) is 9.59 Å². The quantitative estimate of drug-likeness (QED) is 0.851. The zero-order valence-corrected chi connectivity index (χ0v) is 16.0. The highest BCUT2D eigenvalue weighted by molar-refractivity contribution is 6.00. The second-order valence-electron chi connectivity index (χ2n) is 7.76. The van der Waals surface area contributed by atoms with Gasteiger partial charge in [0.2, 0.25) is 11.8 Å². The third kappa shape index (κ3) is 4.64. The lowest BCUT2D eigenvalue weighted by Crippen LogP contribution is -2.45. The van der Waals surface area contributed by atoms with Gasteiger partial charge in [0, 0.05) is 24.7 Å². The van der Waals surface area contributed by atoms with E-state index in [2.05, 4.69) is 36.3 Å². The predicted molar refractivity (Wildman–Crippen MR) is 104 cm³/mol. The minimum Gasteiger partial charge on any atom is -0.353 e. The SMILES string of the molecule is CCCCc1ccc(N2CC(C(=O)NC3CCN(C)CC3)CC2=O)cc1. The van der Waals surface area contributed by atoms with Crippen LogP contribution in [0.4, 0.5) is 5.69 Å². The Morgan fingerprint density at radius 1 is 1.19 bits per heavy atom. The Morgan fingerprint density at radius 3 is 2.54 bits per heavy atom. The van der Waals surface area contributed by atoms with E-state index in [4.69, 9.17) is 0 Å². The number of nitrogens with zero attached hydrogens (tertiary/aromatic N) is 2. The summed E-state index contributed by atoms with van der Waals surface area (Å²) in [5.74, 6) is -0.147. The molecule has 2 aliphatic rings. The molecule has 1 unspecified atom stereocenters. The first-order chi connectivity index (χ1) is 12.6. The van der Waals surface area contributed by atoms with Gasteiger partial charge in [0.05, 0.1) is 5.92 Å². The zero-order chi connectivity index (χ0) is 18.5. The van der Waals surface area contributed by atoms with Gasteiger partial charge in [-0.1, -0.05) is 25.5 Å². The fourth-order valence-corrected chi connectivity index (χ4v) is 3.83. The number of nitrogens with one attached hydrogen (secondary N) is 1. The van der Waals surface area contributed by atoms with Crippen LogP contribution in [0.1, 0.15) is 44.6 Å². The molecule has 1 aromatic carbocycles. The van der Waals surface area contributed by atoms with Gasteiger partial charge < -0.3 is 15.1 Å². The first-order valence-corrected chi connectivity index (χ1v) is 9.95. The van der Waals surface area contributed by atoms with Crippen LogP contribution in [0.25, 0.3) is 0 Å². The molecule has 26 heavy (non-hydrogen) atoms. The number of carbonyl (C=O) groups excluding carboxylic acids is 2. The molecule has 2 heterocycles. The Kier molecular flexibility index (Phi) is 6.30. The number of anilines is 1. The lowest BCUT2D eigenvalue weighted by molar-refractivity contribution is -0.127. The highest BCUT2D eigenvalue weighted by Crippen LogP contribution is 2.26. The van der Waals surface area contributed by atoms with E-state index in [9.17, 15) is 9.59 Å². The molecule has 5 nitrogen and oxygen atoms in total. The van der Waals surface area contributed by atoms with E-state index >= 15 is 0 Å². The van der Waals surface area contributed by atoms with Crippen LogP contribution in [0, 0.1) is 5.92 Å². The van der Waals surface area contributed by atoms with Crippen molar-refractivity contribution in [1.82, 2.24) is 10.2 Å². The maximum atomic E-state index is 12.6. The fraction of sp³-hybridized carbons (Fsp3) is 0.619. The van der Waals surface area contributed by atoms with Gasteiger partial charge in [-0.05, 0) is 63.5 Å². The average Bonchev–Trinajstić information content (AvgIpc) is 3.04. The van der Waals surface area contributed by atoms with Crippen LogP contribution >= 0.6 is 0 Å². The molecule has 0 saturated carbocycles. The summed E-state index contributed by atoms with van der Waals surface area (Å²) < 4.78 is 0. The maximum Gasteiger partial charge on any atom is 0.227 e. The number of unbranched alkanes of at least 4 members (excludes halogenated alkanes) is 1. The van der Waals surface area contributed by atoms with E-state index < -0.39 is 0 Å². The summed E-state index contributed by atoms with van der Waals surface area (Å²) in [6.07, 6.45) is 5.74. The molecule has 0 aliphatic carbocycles. The molecule has 5 heteroatoms. The van der Waals surface area contributed by atoms with Crippen molar-refractivity contribution in [2.45, 2.75) is 51.5 Å². The van der Waals surface area contributed by atoms with Gasteiger partial charge >= 0.3 is 0 Å². The third-order valence-corrected chi connectivity index (χ3v) is 5.63. The second-order valence-corrected chi connectivity index (χ2v) is 7.76. The number of likely N-dealkylation sites (tertiary alicyclic amines) is 1. The van der Waals surface area contributed by atoms with Crippen molar-refractivity contribution in [2.24, 2.45) is 5.92 Å². The summed E-state index contributed by atoms with van der Waals surface area (Å²) in [6.45, 7) is 4.72. The Balaban J connectivity index is 1.55. The van der Waals surface area contributed by atoms with Crippen LogP contribution in [0.2, 0.25) is 0 Å². The van der Waals surface area contributed by atoms with Gasteiger partial charge in [-0.25, -0.2) is 0 Å². The first kappa shape index (κ1) is 18.9. The number of amides is 2. The molecule has 2 fully saturated rings. The van der Waals surface area contributed by atoms with Gasteiger partial charge in [0.1, 0.15) is 0 Å². The van der Waals surface area contributed by atoms with E-state index in [1.807, 2.05) is 12.1 Å². The molecule has 0 spiro atoms. The molecule has 3 rings (SSSR count). The molecular formula is C21H31N3O2. The van der Waals surface area contributed by atoms with Crippen molar-refractivity contribution in [3.63, 3.8) is 0 Å². The molecule has 1 aromatic rings. The minimum absolute atomic E-state index is 0.0370. The Hall–Kier alpha value is -1.88. The summed E-state index contributed by atoms with van der Waals surface area (Å²) >= 11 is 0. The lowest BCUT2D eigenvalue weighted by Gasteiger charge is -2.30. The van der Waals surface area contributed by atoms with E-state index in [0.29, 0.717) is 13.0 Å². The largest absolute Gasteiger partial charge is 0.353 e. The number of rotatable bonds is 6. The highest BCUT2D eigenvalue weighted by Gasteiger charge is 2.36. The highest BCUT2D eigenvalue weighted by atomic mass is 16.2. The van der Waals surface area contributed by atoms with Crippen molar-refractivity contribution in [2.75, 3.05) is 31.6 Å². The lowest BCUT2D eigenvalue weighted by atomic mass is 10.0. The number of benzene rings is 1. The van der Waals surface area contributed by atoms with Gasteiger partial charge in [0.25, 0.3) is 0 Å². The van der Waals surface area contributed by atoms with Crippen molar-refractivity contribution in [1.29, 1.82) is 0 Å². The summed E-state index contributed by atoms with van der Waals surface area (Å²) in [7, 11) is 2.11. The smallest absolute Gasteiger partial charge is 0.227 e. The van der Waals surface area contributed by atoms with Crippen LogP contribution in [-0.4, -0.2) is 49.4 Å². The molecule has 0 aromatic heterocycles. The van der Waals surface area contributed by atoms with Crippen LogP contribution in [0.5, 0.6) is 0 Å². The van der Waals surface area contributed by atoms with Crippen LogP contribution in [-0.2, 0) is 16.0 Å². The normalized spacial score (nSPS) is 22.0. The molecule has 1 N–H and O–H groups in total. The molecular weight excluding hydrogens is 326 g/mol. The number of hydrogen-bond acceptors (Lipinski definition) is 3. The minimum atomic E-state index is -0.234. The van der Waals surface area contributed by atoms with Gasteiger partial charge in [-0.2, -0.15) is 0 Å². The average molecular weight is 357 g/mol. The van der Waals surface area contributed by atoms with Crippen molar-refractivity contribution >= 4 is 17.5 Å². The molecule has 0 radical (unpaired) electrons. The summed E-state index contributed by atoms with van der Waals surface area (Å²) in [5.41, 5.74) is 2.21. The van der Waals surface area contributed by atoms with Crippen LogP contribution in [0.3, 0.4) is 0 Å². The fourth-order valence-electron chi connectivity index (χ4n) is 3.83. The Bertz CT molecular complexity index is 621. The van der Waals surface area contributed by atoms with Crippen molar-refractivity contribution in [3.05, 3.63) is 29.8 Å². The molecule has 2 saturated heterocycles. The third-order valence-electron chi connectivity index (χ3n) is 5.63. The number of carbonyl (C=O) groups is 2. The van der Waals surface area contributed by atoms with Gasteiger partial charge in [0.15, 0.2) is 0 Å². The van der Waals surface area contributed by atoms with E-state index in [-0.39, 0.29) is 23.8 Å². The Morgan fingerprint density at radius 2 is 1.88 bits per heavy atom. The van der Waals surface area contributed by atoms with Crippen LogP contribution in [0.15, 0.2) is 24.3 Å². The summed E-state index contributed by atoms with van der Waals surface area (Å²) in [4.78, 5) is 29.1. The molecule has 2 amide bonds. The number of aryl methyl sites for hydroxylation is 1. The molecule has 142 valence electrons. The standard InChI is InChI=1S/C21H31N3O2/c1-3-4-5-16-6-8-19(9-7-16)24-15-17(14-20(24)25)21(26)22-18-10-12-23(2)13-11-18/h6-9,17-18H,3-5,10-15H2,1-2H3,(H,22,26). The predicted octanol–water partition coefficient (Wildman–Crippen LogP) is 2.59. The number of piperidine rings is 1. The van der Waals surface area contributed by atoms with Crippen LogP contribution < -0.4 is 10.2 Å². The maximum absolute atomic E-state index is 12.6. The summed E-state index contributed by atoms with van der Waals surface area (Å²) in [5, 5.41) is 3.16. The van der Waals surface area contributed by atoms with E-state index in [0.717, 1.165) is 38.0 Å². The first-order valence-electron chi connectivity index (χ1n) is 9.95. The van der Waals surface area contributed by atoms with Crippen molar-refractivity contribution < 1.29 is 9.59 Å². The second kappa shape index (κ2) is 8.67. The monoisotopic (exact) mass is 357 g/mol. The van der Waals surface area contributed by atoms with E-state index in [1.165, 1.54) is 18.4 Å². The van der Waals surface area contributed by atoms with E-state index in [1.54, 1.807) is 4.90 Å². The molecule has 2 aliphatic heterocycles. The Labute approximate surface area is 156 Å². The number of hydrogen-bond donors (Lipinski definition) is 1. The molecule has 0 bridgehead atoms. The zero-order valence-electron chi connectivity index (χ0n) is 16.0.